The molecule has 5 nitrogen and oxygen atoms in total. The number of aliphatic carboxylic acids is 1. The van der Waals surface area contributed by atoms with Gasteiger partial charge in [-0.15, -0.1) is 0 Å². The minimum absolute atomic E-state index is 0.0324. The Labute approximate surface area is 130 Å². The van der Waals surface area contributed by atoms with Gasteiger partial charge in [0, 0.05) is 9.79 Å². The van der Waals surface area contributed by atoms with Crippen molar-refractivity contribution >= 4 is 23.7 Å². The number of carboxylic acids is 2. The van der Waals surface area contributed by atoms with E-state index in [1.54, 1.807) is 30.3 Å². The van der Waals surface area contributed by atoms with Gasteiger partial charge in [0.2, 0.25) is 0 Å². The van der Waals surface area contributed by atoms with Gasteiger partial charge in [-0.05, 0) is 35.9 Å². The first kappa shape index (κ1) is 15.6. The topological polar surface area (TPSA) is 98.4 Å². The highest BCUT2D eigenvalue weighted by atomic mass is 32.2. The summed E-state index contributed by atoms with van der Waals surface area (Å²) in [5.41, 5.74) is 0.784. The molecule has 0 saturated carbocycles. The standard InChI is InChI=1S/C16H11NO4S/c17-9-11-3-6-13(8-14(11)16(20)21)22-12-4-1-10(2-5-12)7-15(18)19/h1-6,8H,7H2,(H,18,19)(H,20,21). The summed E-state index contributed by atoms with van der Waals surface area (Å²) in [4.78, 5) is 23.3. The maximum absolute atomic E-state index is 11.1. The molecular weight excluding hydrogens is 302 g/mol. The summed E-state index contributed by atoms with van der Waals surface area (Å²) < 4.78 is 0. The number of rotatable bonds is 5. The number of hydrogen-bond acceptors (Lipinski definition) is 4. The summed E-state index contributed by atoms with van der Waals surface area (Å²) in [6.45, 7) is 0. The second kappa shape index (κ2) is 6.78. The zero-order valence-corrected chi connectivity index (χ0v) is 12.1. The van der Waals surface area contributed by atoms with Crippen LogP contribution in [0.3, 0.4) is 0 Å². The fourth-order valence-electron chi connectivity index (χ4n) is 1.85. The van der Waals surface area contributed by atoms with Gasteiger partial charge in [0.15, 0.2) is 0 Å². The van der Waals surface area contributed by atoms with E-state index in [1.165, 1.54) is 23.9 Å². The lowest BCUT2D eigenvalue weighted by molar-refractivity contribution is -0.136. The number of carbonyl (C=O) groups is 2. The van der Waals surface area contributed by atoms with E-state index in [2.05, 4.69) is 0 Å². The predicted octanol–water partition coefficient (Wildman–Crippen LogP) is 3.03. The van der Waals surface area contributed by atoms with Crippen molar-refractivity contribution in [3.63, 3.8) is 0 Å². The van der Waals surface area contributed by atoms with Crippen molar-refractivity contribution in [2.45, 2.75) is 16.2 Å². The van der Waals surface area contributed by atoms with Crippen LogP contribution in [0.25, 0.3) is 0 Å². The molecule has 0 bridgehead atoms. The van der Waals surface area contributed by atoms with Gasteiger partial charge < -0.3 is 10.2 Å². The molecule has 2 rings (SSSR count). The van der Waals surface area contributed by atoms with Gasteiger partial charge in [-0.3, -0.25) is 4.79 Å². The maximum Gasteiger partial charge on any atom is 0.337 e. The molecule has 0 saturated heterocycles. The third-order valence-electron chi connectivity index (χ3n) is 2.86. The number of aromatic carboxylic acids is 1. The first-order valence-electron chi connectivity index (χ1n) is 6.25. The molecule has 0 atom stereocenters. The summed E-state index contributed by atoms with van der Waals surface area (Å²) in [6, 6.07) is 13.5. The van der Waals surface area contributed by atoms with Crippen molar-refractivity contribution in [3.8, 4) is 6.07 Å². The highest BCUT2D eigenvalue weighted by Gasteiger charge is 2.11. The van der Waals surface area contributed by atoms with Crippen molar-refractivity contribution < 1.29 is 19.8 Å². The Bertz CT molecular complexity index is 763. The van der Waals surface area contributed by atoms with E-state index < -0.39 is 11.9 Å². The van der Waals surface area contributed by atoms with Gasteiger partial charge in [-0.1, -0.05) is 23.9 Å². The summed E-state index contributed by atoms with van der Waals surface area (Å²) in [7, 11) is 0. The Kier molecular flexibility index (Phi) is 4.81. The first-order chi connectivity index (χ1) is 10.5. The largest absolute Gasteiger partial charge is 0.481 e. The fraction of sp³-hybridized carbons (Fsp3) is 0.0625. The van der Waals surface area contributed by atoms with Gasteiger partial charge in [0.1, 0.15) is 6.07 Å². The van der Waals surface area contributed by atoms with Crippen LogP contribution in [0.1, 0.15) is 21.5 Å². The van der Waals surface area contributed by atoms with Crippen LogP contribution >= 0.6 is 11.8 Å². The Hall–Kier alpha value is -2.78. The van der Waals surface area contributed by atoms with Crippen molar-refractivity contribution in [2.75, 3.05) is 0 Å². The Morgan fingerprint density at radius 2 is 1.68 bits per heavy atom. The normalized spacial score (nSPS) is 9.95. The summed E-state index contributed by atoms with van der Waals surface area (Å²) in [5, 5.41) is 26.7. The highest BCUT2D eigenvalue weighted by Crippen LogP contribution is 2.29. The van der Waals surface area contributed by atoms with Crippen LogP contribution in [-0.2, 0) is 11.2 Å². The van der Waals surface area contributed by atoms with E-state index >= 15 is 0 Å². The summed E-state index contributed by atoms with van der Waals surface area (Å²) in [6.07, 6.45) is -0.0367. The van der Waals surface area contributed by atoms with Gasteiger partial charge in [0.25, 0.3) is 0 Å². The maximum atomic E-state index is 11.1. The molecule has 0 aliphatic rings. The lowest BCUT2D eigenvalue weighted by atomic mass is 10.1. The van der Waals surface area contributed by atoms with Crippen LogP contribution in [0.2, 0.25) is 0 Å². The van der Waals surface area contributed by atoms with Crippen LogP contribution in [-0.4, -0.2) is 22.2 Å². The minimum atomic E-state index is -1.14. The number of nitriles is 1. The first-order valence-corrected chi connectivity index (χ1v) is 7.07. The summed E-state index contributed by atoms with van der Waals surface area (Å²) in [5.74, 6) is -2.03. The number of hydrogen-bond donors (Lipinski definition) is 2. The van der Waals surface area contributed by atoms with E-state index in [4.69, 9.17) is 15.5 Å². The molecule has 0 heterocycles. The molecule has 22 heavy (non-hydrogen) atoms. The monoisotopic (exact) mass is 313 g/mol. The Morgan fingerprint density at radius 3 is 2.23 bits per heavy atom. The molecule has 0 unspecified atom stereocenters. The van der Waals surface area contributed by atoms with Crippen molar-refractivity contribution in [1.82, 2.24) is 0 Å². The lowest BCUT2D eigenvalue weighted by Gasteiger charge is -2.05. The van der Waals surface area contributed by atoms with Crippen LogP contribution in [0.15, 0.2) is 52.3 Å². The zero-order chi connectivity index (χ0) is 16.1. The van der Waals surface area contributed by atoms with E-state index in [9.17, 15) is 9.59 Å². The molecule has 2 aromatic carbocycles. The minimum Gasteiger partial charge on any atom is -0.481 e. The third kappa shape index (κ3) is 3.87. The second-order valence-electron chi connectivity index (χ2n) is 4.44. The molecule has 0 aliphatic heterocycles. The Balaban J connectivity index is 2.20. The van der Waals surface area contributed by atoms with E-state index in [0.29, 0.717) is 10.5 Å². The van der Waals surface area contributed by atoms with Gasteiger partial charge in [-0.25, -0.2) is 4.79 Å². The molecule has 0 radical (unpaired) electrons. The van der Waals surface area contributed by atoms with Crippen LogP contribution in [0.5, 0.6) is 0 Å². The van der Waals surface area contributed by atoms with E-state index in [0.717, 1.165) is 4.90 Å². The van der Waals surface area contributed by atoms with Crippen molar-refractivity contribution in [3.05, 3.63) is 59.2 Å². The molecule has 2 N–H and O–H groups in total. The predicted molar refractivity (Wildman–Crippen MR) is 80.0 cm³/mol. The smallest absolute Gasteiger partial charge is 0.337 e. The molecular formula is C16H11NO4S. The molecule has 0 spiro atoms. The second-order valence-corrected chi connectivity index (χ2v) is 5.59. The molecule has 0 aromatic heterocycles. The number of benzene rings is 2. The van der Waals surface area contributed by atoms with E-state index in [1.807, 2.05) is 6.07 Å². The van der Waals surface area contributed by atoms with Crippen molar-refractivity contribution in [1.29, 1.82) is 5.26 Å². The number of nitrogens with zero attached hydrogens (tertiary/aromatic N) is 1. The van der Waals surface area contributed by atoms with Gasteiger partial charge in [0.05, 0.1) is 17.5 Å². The molecule has 2 aromatic rings. The molecule has 0 aliphatic carbocycles. The average Bonchev–Trinajstić information content (AvgIpc) is 2.48. The fourth-order valence-corrected chi connectivity index (χ4v) is 2.70. The molecule has 110 valence electrons. The van der Waals surface area contributed by atoms with Gasteiger partial charge >= 0.3 is 11.9 Å². The van der Waals surface area contributed by atoms with Gasteiger partial charge in [-0.2, -0.15) is 5.26 Å². The summed E-state index contributed by atoms with van der Waals surface area (Å²) >= 11 is 1.35. The molecule has 6 heteroatoms. The molecule has 0 amide bonds. The third-order valence-corrected chi connectivity index (χ3v) is 3.85. The quantitative estimate of drug-likeness (QED) is 0.880. The average molecular weight is 313 g/mol. The van der Waals surface area contributed by atoms with Crippen LogP contribution < -0.4 is 0 Å². The SMILES string of the molecule is N#Cc1ccc(Sc2ccc(CC(=O)O)cc2)cc1C(=O)O. The van der Waals surface area contributed by atoms with E-state index in [-0.39, 0.29) is 17.5 Å². The highest BCUT2D eigenvalue weighted by molar-refractivity contribution is 7.99. The van der Waals surface area contributed by atoms with Crippen LogP contribution in [0, 0.1) is 11.3 Å². The lowest BCUT2D eigenvalue weighted by Crippen LogP contribution is -2.00. The van der Waals surface area contributed by atoms with Crippen molar-refractivity contribution in [2.24, 2.45) is 0 Å². The zero-order valence-electron chi connectivity index (χ0n) is 11.3. The Morgan fingerprint density at radius 1 is 1.05 bits per heavy atom. The number of carboxylic acid groups (broad SMARTS) is 2. The molecule has 0 fully saturated rings. The van der Waals surface area contributed by atoms with Crippen LogP contribution in [0.4, 0.5) is 0 Å².